The number of rotatable bonds is 8. The van der Waals surface area contributed by atoms with Gasteiger partial charge in [-0.25, -0.2) is 0 Å². The van der Waals surface area contributed by atoms with Crippen LogP contribution in [0.2, 0.25) is 0 Å². The number of benzene rings is 3. The second-order valence-corrected chi connectivity index (χ2v) is 7.59. The van der Waals surface area contributed by atoms with E-state index in [9.17, 15) is 4.79 Å². The average molecular weight is 376 g/mol. The second-order valence-electron chi connectivity index (χ2n) is 7.59. The van der Waals surface area contributed by atoms with Crippen LogP contribution in [0.25, 0.3) is 10.8 Å². The molecular weight excluding hydrogens is 346 g/mol. The predicted molar refractivity (Wildman–Crippen MR) is 115 cm³/mol. The number of amides is 1. The van der Waals surface area contributed by atoms with Gasteiger partial charge in [-0.3, -0.25) is 4.79 Å². The van der Waals surface area contributed by atoms with E-state index in [2.05, 4.69) is 43.4 Å². The number of carbonyl (C=O) groups excluding carboxylic acids is 1. The van der Waals surface area contributed by atoms with Crippen LogP contribution in [0.1, 0.15) is 45.2 Å². The topological polar surface area (TPSA) is 38.3 Å². The zero-order chi connectivity index (χ0) is 19.9. The summed E-state index contributed by atoms with van der Waals surface area (Å²) >= 11 is 0. The van der Waals surface area contributed by atoms with Crippen molar-refractivity contribution in [3.8, 4) is 5.75 Å². The molecule has 2 atom stereocenters. The van der Waals surface area contributed by atoms with E-state index in [1.165, 1.54) is 0 Å². The van der Waals surface area contributed by atoms with E-state index in [-0.39, 0.29) is 11.9 Å². The van der Waals surface area contributed by atoms with E-state index >= 15 is 0 Å². The highest BCUT2D eigenvalue weighted by molar-refractivity contribution is 5.89. The molecule has 0 aliphatic heterocycles. The Morgan fingerprint density at radius 3 is 2.32 bits per heavy atom. The molecule has 1 amide bonds. The molecule has 3 heteroatoms. The Morgan fingerprint density at radius 1 is 0.929 bits per heavy atom. The van der Waals surface area contributed by atoms with Gasteiger partial charge in [0.2, 0.25) is 0 Å². The lowest BCUT2D eigenvalue weighted by Gasteiger charge is -2.25. The van der Waals surface area contributed by atoms with Crippen LogP contribution in [0.15, 0.2) is 72.8 Å². The molecule has 3 aromatic rings. The van der Waals surface area contributed by atoms with Crippen molar-refractivity contribution in [2.24, 2.45) is 5.92 Å². The molecule has 3 nitrogen and oxygen atoms in total. The van der Waals surface area contributed by atoms with Gasteiger partial charge in [-0.2, -0.15) is 0 Å². The maximum absolute atomic E-state index is 13.0. The lowest BCUT2D eigenvalue weighted by molar-refractivity contribution is -0.129. The Hall–Kier alpha value is -2.81. The molecule has 0 saturated carbocycles. The third-order valence-electron chi connectivity index (χ3n) is 4.91. The molecule has 0 unspecified atom stereocenters. The first-order valence-corrected chi connectivity index (χ1v) is 10.1. The van der Waals surface area contributed by atoms with Gasteiger partial charge in [0.15, 0.2) is 6.10 Å². The van der Waals surface area contributed by atoms with Gasteiger partial charge in [0, 0.05) is 5.39 Å². The molecule has 0 spiro atoms. The van der Waals surface area contributed by atoms with Crippen LogP contribution in [0.4, 0.5) is 0 Å². The third-order valence-corrected chi connectivity index (χ3v) is 4.91. The van der Waals surface area contributed by atoms with Crippen molar-refractivity contribution >= 4 is 16.7 Å². The van der Waals surface area contributed by atoms with Crippen molar-refractivity contribution < 1.29 is 9.53 Å². The van der Waals surface area contributed by atoms with Crippen LogP contribution in [0, 0.1) is 5.92 Å². The van der Waals surface area contributed by atoms with Crippen LogP contribution < -0.4 is 10.1 Å². The molecule has 1 N–H and O–H groups in total. The fraction of sp³-hybridized carbons (Fsp3) is 0.320. The van der Waals surface area contributed by atoms with Gasteiger partial charge in [0.05, 0.1) is 6.04 Å². The third kappa shape index (κ3) is 4.92. The first-order chi connectivity index (χ1) is 13.6. The summed E-state index contributed by atoms with van der Waals surface area (Å²) in [6, 6.07) is 24.2. The molecule has 28 heavy (non-hydrogen) atoms. The van der Waals surface area contributed by atoms with E-state index in [0.29, 0.717) is 12.3 Å². The van der Waals surface area contributed by atoms with Crippen molar-refractivity contribution in [3.63, 3.8) is 0 Å². The van der Waals surface area contributed by atoms with Crippen molar-refractivity contribution in [3.05, 3.63) is 78.4 Å². The summed E-state index contributed by atoms with van der Waals surface area (Å²) in [5.74, 6) is 1.16. The number of ether oxygens (including phenoxy) is 1. The summed E-state index contributed by atoms with van der Waals surface area (Å²) in [6.07, 6.45) is 0.975. The first-order valence-electron chi connectivity index (χ1n) is 10.1. The Morgan fingerprint density at radius 2 is 1.61 bits per heavy atom. The lowest BCUT2D eigenvalue weighted by Crippen LogP contribution is -2.40. The molecule has 0 aromatic heterocycles. The summed E-state index contributed by atoms with van der Waals surface area (Å²) < 4.78 is 6.17. The highest BCUT2D eigenvalue weighted by Gasteiger charge is 2.23. The summed E-state index contributed by atoms with van der Waals surface area (Å²) in [7, 11) is 0. The summed E-state index contributed by atoms with van der Waals surface area (Å²) in [5, 5.41) is 5.35. The zero-order valence-corrected chi connectivity index (χ0v) is 16.9. The second kappa shape index (κ2) is 9.41. The average Bonchev–Trinajstić information content (AvgIpc) is 2.71. The van der Waals surface area contributed by atoms with Gasteiger partial charge in [-0.1, -0.05) is 87.5 Å². The van der Waals surface area contributed by atoms with Crippen LogP contribution >= 0.6 is 0 Å². The molecule has 0 heterocycles. The fourth-order valence-electron chi connectivity index (χ4n) is 3.47. The number of carbonyl (C=O) groups is 1. The highest BCUT2D eigenvalue weighted by Crippen LogP contribution is 2.27. The Labute approximate surface area is 167 Å². The molecule has 0 aliphatic rings. The maximum Gasteiger partial charge on any atom is 0.261 e. The van der Waals surface area contributed by atoms with Crippen molar-refractivity contribution in [1.29, 1.82) is 0 Å². The minimum absolute atomic E-state index is 0.0149. The largest absolute Gasteiger partial charge is 0.480 e. The molecule has 0 bridgehead atoms. The van der Waals surface area contributed by atoms with E-state index in [1.54, 1.807) is 0 Å². The summed E-state index contributed by atoms with van der Waals surface area (Å²) in [6.45, 7) is 6.33. The maximum atomic E-state index is 13.0. The monoisotopic (exact) mass is 375 g/mol. The van der Waals surface area contributed by atoms with Gasteiger partial charge in [0.1, 0.15) is 5.75 Å². The molecule has 0 fully saturated rings. The Kier molecular flexibility index (Phi) is 6.70. The van der Waals surface area contributed by atoms with E-state index in [1.807, 2.05) is 55.5 Å². The molecule has 0 saturated heterocycles. The van der Waals surface area contributed by atoms with Crippen LogP contribution in [-0.2, 0) is 4.79 Å². The summed E-state index contributed by atoms with van der Waals surface area (Å²) in [4.78, 5) is 13.0. The number of hydrogen-bond donors (Lipinski definition) is 1. The minimum atomic E-state index is -0.524. The predicted octanol–water partition coefficient (Wildman–Crippen LogP) is 5.90. The fourth-order valence-corrected chi connectivity index (χ4v) is 3.47. The number of hydrogen-bond acceptors (Lipinski definition) is 2. The molecule has 3 aromatic carbocycles. The van der Waals surface area contributed by atoms with Gasteiger partial charge >= 0.3 is 0 Å². The lowest BCUT2D eigenvalue weighted by atomic mass is 9.96. The van der Waals surface area contributed by atoms with Gasteiger partial charge in [-0.15, -0.1) is 0 Å². The van der Waals surface area contributed by atoms with E-state index < -0.39 is 6.10 Å². The van der Waals surface area contributed by atoms with Crippen molar-refractivity contribution in [2.45, 2.75) is 45.8 Å². The molecule has 0 radical (unpaired) electrons. The standard InChI is InChI=1S/C25H29NO2/c1-4-23(28-24-16-10-14-19-11-8-9-15-21(19)24)25(27)26-22(17-18(2)3)20-12-6-5-7-13-20/h5-16,18,22-23H,4,17H2,1-3H3,(H,26,27)/t22-,23-/m0/s1. The smallest absolute Gasteiger partial charge is 0.261 e. The first kappa shape index (κ1) is 19.9. The zero-order valence-electron chi connectivity index (χ0n) is 16.9. The number of nitrogens with one attached hydrogen (secondary N) is 1. The minimum Gasteiger partial charge on any atom is -0.480 e. The molecule has 146 valence electrons. The quantitative estimate of drug-likeness (QED) is 0.532. The van der Waals surface area contributed by atoms with Gasteiger partial charge < -0.3 is 10.1 Å². The van der Waals surface area contributed by atoms with E-state index in [4.69, 9.17) is 4.74 Å². The molecular formula is C25H29NO2. The highest BCUT2D eigenvalue weighted by atomic mass is 16.5. The molecule has 0 aliphatic carbocycles. The summed E-state index contributed by atoms with van der Waals surface area (Å²) in [5.41, 5.74) is 1.13. The van der Waals surface area contributed by atoms with Crippen LogP contribution in [0.5, 0.6) is 5.75 Å². The Balaban J connectivity index is 1.78. The SMILES string of the molecule is CC[C@H](Oc1cccc2ccccc12)C(=O)N[C@@H](CC(C)C)c1ccccc1. The van der Waals surface area contributed by atoms with Crippen molar-refractivity contribution in [1.82, 2.24) is 5.32 Å². The van der Waals surface area contributed by atoms with Crippen molar-refractivity contribution in [2.75, 3.05) is 0 Å². The van der Waals surface area contributed by atoms with Gasteiger partial charge in [0.25, 0.3) is 5.91 Å². The normalized spacial score (nSPS) is 13.3. The van der Waals surface area contributed by atoms with Gasteiger partial charge in [-0.05, 0) is 35.8 Å². The van der Waals surface area contributed by atoms with Crippen LogP contribution in [-0.4, -0.2) is 12.0 Å². The van der Waals surface area contributed by atoms with E-state index in [0.717, 1.165) is 28.5 Å². The van der Waals surface area contributed by atoms with Crippen LogP contribution in [0.3, 0.4) is 0 Å². The number of fused-ring (bicyclic) bond motifs is 1. The molecule has 3 rings (SSSR count). The Bertz CT molecular complexity index is 899.